The Bertz CT molecular complexity index is 695. The maximum atomic E-state index is 12.9. The van der Waals surface area contributed by atoms with E-state index in [9.17, 15) is 4.79 Å². The van der Waals surface area contributed by atoms with Crippen molar-refractivity contribution in [2.75, 3.05) is 13.2 Å². The number of hydrogen-bond acceptors (Lipinski definition) is 5. The number of ether oxygens (including phenoxy) is 1. The summed E-state index contributed by atoms with van der Waals surface area (Å²) in [7, 11) is 0. The van der Waals surface area contributed by atoms with Crippen molar-refractivity contribution < 1.29 is 14.1 Å². The number of nitrogens with zero attached hydrogens (tertiary/aromatic N) is 3. The average Bonchev–Trinajstić information content (AvgIpc) is 2.81. The standard InChI is InChI=1S/C15H19N3O3/c1-8-5-12(13-11(4)17-21-14(13)16-8)15(19)18-6-10(3)20-7-9(18)2/h5,9-10H,6-7H2,1-4H3. The van der Waals surface area contributed by atoms with Gasteiger partial charge in [-0.05, 0) is 33.8 Å². The summed E-state index contributed by atoms with van der Waals surface area (Å²) in [5, 5.41) is 4.63. The number of aryl methyl sites for hydroxylation is 2. The number of aromatic nitrogens is 2. The first-order valence-electron chi connectivity index (χ1n) is 7.13. The third kappa shape index (κ3) is 2.40. The van der Waals surface area contributed by atoms with Crippen LogP contribution in [0.5, 0.6) is 0 Å². The smallest absolute Gasteiger partial charge is 0.258 e. The summed E-state index contributed by atoms with van der Waals surface area (Å²) < 4.78 is 10.8. The molecule has 3 heterocycles. The fraction of sp³-hybridized carbons (Fsp3) is 0.533. The van der Waals surface area contributed by atoms with Gasteiger partial charge in [0.15, 0.2) is 0 Å². The van der Waals surface area contributed by atoms with Gasteiger partial charge < -0.3 is 14.2 Å². The van der Waals surface area contributed by atoms with E-state index in [2.05, 4.69) is 10.1 Å². The minimum Gasteiger partial charge on any atom is -0.375 e. The first-order valence-corrected chi connectivity index (χ1v) is 7.13. The monoisotopic (exact) mass is 289 g/mol. The van der Waals surface area contributed by atoms with Crippen LogP contribution in [0.1, 0.15) is 35.6 Å². The predicted octanol–water partition coefficient (Wildman–Crippen LogP) is 2.09. The maximum Gasteiger partial charge on any atom is 0.258 e. The molecule has 2 unspecified atom stereocenters. The van der Waals surface area contributed by atoms with Crippen LogP contribution in [0.25, 0.3) is 11.1 Å². The van der Waals surface area contributed by atoms with Gasteiger partial charge in [0, 0.05) is 12.2 Å². The summed E-state index contributed by atoms with van der Waals surface area (Å²) in [5.74, 6) is -0.0144. The lowest BCUT2D eigenvalue weighted by atomic mass is 10.1. The molecular formula is C15H19N3O3. The van der Waals surface area contributed by atoms with Gasteiger partial charge in [-0.2, -0.15) is 0 Å². The van der Waals surface area contributed by atoms with E-state index in [0.717, 1.165) is 5.69 Å². The Morgan fingerprint density at radius 1 is 1.38 bits per heavy atom. The van der Waals surface area contributed by atoms with E-state index < -0.39 is 0 Å². The molecule has 6 heteroatoms. The molecule has 1 amide bonds. The SMILES string of the molecule is Cc1cc(C(=O)N2CC(C)OCC2C)c2c(C)noc2n1. The number of carbonyl (C=O) groups is 1. The Hall–Kier alpha value is -1.95. The summed E-state index contributed by atoms with van der Waals surface area (Å²) >= 11 is 0. The van der Waals surface area contributed by atoms with Crippen molar-refractivity contribution in [2.24, 2.45) is 0 Å². The lowest BCUT2D eigenvalue weighted by molar-refractivity contribution is -0.0386. The number of rotatable bonds is 1. The number of amides is 1. The molecule has 2 atom stereocenters. The molecule has 6 nitrogen and oxygen atoms in total. The van der Waals surface area contributed by atoms with E-state index in [1.165, 1.54) is 0 Å². The van der Waals surface area contributed by atoms with Crippen LogP contribution in [0.15, 0.2) is 10.6 Å². The molecule has 112 valence electrons. The number of carbonyl (C=O) groups excluding carboxylic acids is 1. The topological polar surface area (TPSA) is 68.5 Å². The van der Waals surface area contributed by atoms with E-state index in [1.807, 2.05) is 38.7 Å². The summed E-state index contributed by atoms with van der Waals surface area (Å²) in [6.07, 6.45) is 0.0483. The van der Waals surface area contributed by atoms with Crippen LogP contribution < -0.4 is 0 Å². The normalized spacial score (nSPS) is 22.8. The van der Waals surface area contributed by atoms with Gasteiger partial charge in [0.25, 0.3) is 11.6 Å². The average molecular weight is 289 g/mol. The molecular weight excluding hydrogens is 270 g/mol. The Morgan fingerprint density at radius 2 is 2.14 bits per heavy atom. The molecule has 1 fully saturated rings. The molecule has 0 N–H and O–H groups in total. The van der Waals surface area contributed by atoms with Gasteiger partial charge >= 0.3 is 0 Å². The summed E-state index contributed by atoms with van der Waals surface area (Å²) in [4.78, 5) is 19.1. The second-order valence-electron chi connectivity index (χ2n) is 5.71. The first kappa shape index (κ1) is 14.0. The largest absolute Gasteiger partial charge is 0.375 e. The van der Waals surface area contributed by atoms with Gasteiger partial charge in [-0.3, -0.25) is 4.79 Å². The molecule has 1 aliphatic heterocycles. The molecule has 0 spiro atoms. The van der Waals surface area contributed by atoms with Crippen molar-refractivity contribution in [2.45, 2.75) is 39.8 Å². The zero-order valence-corrected chi connectivity index (χ0v) is 12.7. The third-order valence-electron chi connectivity index (χ3n) is 3.84. The number of morpholine rings is 1. The number of hydrogen-bond donors (Lipinski definition) is 0. The van der Waals surface area contributed by atoms with Gasteiger partial charge in [-0.15, -0.1) is 0 Å². The van der Waals surface area contributed by atoms with Crippen LogP contribution in [-0.2, 0) is 4.74 Å². The Kier molecular flexibility index (Phi) is 3.41. The van der Waals surface area contributed by atoms with E-state index in [0.29, 0.717) is 35.5 Å². The predicted molar refractivity (Wildman–Crippen MR) is 77.2 cm³/mol. The lowest BCUT2D eigenvalue weighted by Gasteiger charge is -2.37. The fourth-order valence-corrected chi connectivity index (χ4v) is 2.73. The minimum absolute atomic E-state index is 0.0144. The van der Waals surface area contributed by atoms with Crippen molar-refractivity contribution in [3.63, 3.8) is 0 Å². The molecule has 1 saturated heterocycles. The van der Waals surface area contributed by atoms with Crippen molar-refractivity contribution in [3.8, 4) is 0 Å². The summed E-state index contributed by atoms with van der Waals surface area (Å²) in [6.45, 7) is 8.79. The van der Waals surface area contributed by atoms with Crippen molar-refractivity contribution in [1.82, 2.24) is 15.0 Å². The highest BCUT2D eigenvalue weighted by molar-refractivity contribution is 6.06. The molecule has 0 saturated carbocycles. The van der Waals surface area contributed by atoms with Crippen molar-refractivity contribution in [1.29, 1.82) is 0 Å². The quantitative estimate of drug-likeness (QED) is 0.804. The first-order chi connectivity index (χ1) is 9.97. The van der Waals surface area contributed by atoms with Gasteiger partial charge in [0.2, 0.25) is 0 Å². The molecule has 0 aliphatic carbocycles. The van der Waals surface area contributed by atoms with Crippen LogP contribution >= 0.6 is 0 Å². The van der Waals surface area contributed by atoms with Gasteiger partial charge in [-0.1, -0.05) is 5.16 Å². The molecule has 1 aliphatic rings. The third-order valence-corrected chi connectivity index (χ3v) is 3.84. The van der Waals surface area contributed by atoms with Crippen LogP contribution in [0.4, 0.5) is 0 Å². The zero-order chi connectivity index (χ0) is 15.1. The van der Waals surface area contributed by atoms with Gasteiger partial charge in [0.05, 0.1) is 35.4 Å². The Balaban J connectivity index is 2.06. The summed E-state index contributed by atoms with van der Waals surface area (Å²) in [6, 6.07) is 1.86. The van der Waals surface area contributed by atoms with E-state index in [-0.39, 0.29) is 18.1 Å². The van der Waals surface area contributed by atoms with Crippen molar-refractivity contribution >= 4 is 17.0 Å². The second-order valence-corrected chi connectivity index (χ2v) is 5.71. The highest BCUT2D eigenvalue weighted by Crippen LogP contribution is 2.25. The Labute approximate surface area is 123 Å². The zero-order valence-electron chi connectivity index (χ0n) is 12.7. The van der Waals surface area contributed by atoms with E-state index in [4.69, 9.17) is 9.26 Å². The molecule has 21 heavy (non-hydrogen) atoms. The number of pyridine rings is 1. The highest BCUT2D eigenvalue weighted by atomic mass is 16.5. The van der Waals surface area contributed by atoms with Gasteiger partial charge in [0.1, 0.15) is 0 Å². The molecule has 0 radical (unpaired) electrons. The Morgan fingerprint density at radius 3 is 2.90 bits per heavy atom. The lowest BCUT2D eigenvalue weighted by Crippen LogP contribution is -2.50. The van der Waals surface area contributed by atoms with E-state index in [1.54, 1.807) is 0 Å². The molecule has 0 aromatic carbocycles. The molecule has 3 rings (SSSR count). The van der Waals surface area contributed by atoms with Crippen LogP contribution in [0.3, 0.4) is 0 Å². The van der Waals surface area contributed by atoms with Crippen molar-refractivity contribution in [3.05, 3.63) is 23.0 Å². The number of fused-ring (bicyclic) bond motifs is 1. The minimum atomic E-state index is -0.0144. The van der Waals surface area contributed by atoms with Crippen LogP contribution in [0, 0.1) is 13.8 Å². The molecule has 2 aromatic heterocycles. The molecule has 2 aromatic rings. The fourth-order valence-electron chi connectivity index (χ4n) is 2.73. The summed E-state index contributed by atoms with van der Waals surface area (Å²) in [5.41, 5.74) is 2.47. The van der Waals surface area contributed by atoms with Crippen LogP contribution in [0.2, 0.25) is 0 Å². The second kappa shape index (κ2) is 5.11. The van der Waals surface area contributed by atoms with Gasteiger partial charge in [-0.25, -0.2) is 4.98 Å². The highest BCUT2D eigenvalue weighted by Gasteiger charge is 2.30. The van der Waals surface area contributed by atoms with E-state index >= 15 is 0 Å². The maximum absolute atomic E-state index is 12.9. The molecule has 0 bridgehead atoms. The van der Waals surface area contributed by atoms with Crippen LogP contribution in [-0.4, -0.2) is 46.2 Å².